The normalized spacial score (nSPS) is 17.9. The van der Waals surface area contributed by atoms with Crippen molar-refractivity contribution in [1.82, 2.24) is 15.1 Å². The summed E-state index contributed by atoms with van der Waals surface area (Å²) in [5, 5.41) is 11.8. The standard InChI is InChI=1S/C16H21F2N3O3/c1-20(4-5-22)15(23)9-14-16(24)21(3-2-19-14)10-11-6-12(17)8-13(18)7-11/h6-8,14,19,22H,2-5,9-10H2,1H3. The molecular weight excluding hydrogens is 320 g/mol. The molecule has 1 aromatic carbocycles. The zero-order valence-electron chi connectivity index (χ0n) is 13.5. The molecule has 1 fully saturated rings. The lowest BCUT2D eigenvalue weighted by atomic mass is 10.1. The molecule has 0 aromatic heterocycles. The number of nitrogens with zero attached hydrogens (tertiary/aromatic N) is 2. The van der Waals surface area contributed by atoms with Gasteiger partial charge < -0.3 is 20.2 Å². The molecule has 2 N–H and O–H groups in total. The Morgan fingerprint density at radius 1 is 1.38 bits per heavy atom. The maximum absolute atomic E-state index is 13.3. The van der Waals surface area contributed by atoms with Gasteiger partial charge >= 0.3 is 0 Å². The molecule has 1 aliphatic rings. The lowest BCUT2D eigenvalue weighted by Gasteiger charge is -2.33. The summed E-state index contributed by atoms with van der Waals surface area (Å²) >= 11 is 0. The van der Waals surface area contributed by atoms with Crippen LogP contribution in [0.2, 0.25) is 0 Å². The Morgan fingerprint density at radius 2 is 2.04 bits per heavy atom. The minimum absolute atomic E-state index is 0.0245. The van der Waals surface area contributed by atoms with Gasteiger partial charge in [-0.3, -0.25) is 9.59 Å². The zero-order valence-corrected chi connectivity index (χ0v) is 13.5. The molecule has 1 aromatic rings. The summed E-state index contributed by atoms with van der Waals surface area (Å²) in [5.74, 6) is -1.92. The van der Waals surface area contributed by atoms with Gasteiger partial charge in [0.05, 0.1) is 19.1 Å². The fourth-order valence-electron chi connectivity index (χ4n) is 2.64. The summed E-state index contributed by atoms with van der Waals surface area (Å²) in [4.78, 5) is 27.3. The van der Waals surface area contributed by atoms with Crippen molar-refractivity contribution >= 4 is 11.8 Å². The van der Waals surface area contributed by atoms with E-state index in [1.165, 1.54) is 21.9 Å². The van der Waals surface area contributed by atoms with E-state index in [0.29, 0.717) is 18.7 Å². The highest BCUT2D eigenvalue weighted by atomic mass is 19.1. The van der Waals surface area contributed by atoms with Crippen LogP contribution in [0.5, 0.6) is 0 Å². The molecule has 2 amide bonds. The third-order valence-corrected chi connectivity index (χ3v) is 3.92. The van der Waals surface area contributed by atoms with Crippen LogP contribution in [0.1, 0.15) is 12.0 Å². The number of amides is 2. The van der Waals surface area contributed by atoms with Gasteiger partial charge in [-0.05, 0) is 17.7 Å². The van der Waals surface area contributed by atoms with Crippen LogP contribution >= 0.6 is 0 Å². The smallest absolute Gasteiger partial charge is 0.240 e. The van der Waals surface area contributed by atoms with Crippen molar-refractivity contribution in [3.05, 3.63) is 35.4 Å². The van der Waals surface area contributed by atoms with E-state index < -0.39 is 17.7 Å². The maximum atomic E-state index is 13.3. The van der Waals surface area contributed by atoms with Crippen LogP contribution in [-0.2, 0) is 16.1 Å². The number of carbonyl (C=O) groups excluding carboxylic acids is 2. The molecule has 0 bridgehead atoms. The molecule has 1 heterocycles. The van der Waals surface area contributed by atoms with E-state index in [0.717, 1.165) is 6.07 Å². The molecule has 0 spiro atoms. The van der Waals surface area contributed by atoms with Crippen molar-refractivity contribution in [2.45, 2.75) is 19.0 Å². The molecule has 1 unspecified atom stereocenters. The average Bonchev–Trinajstić information content (AvgIpc) is 2.50. The Balaban J connectivity index is 2.00. The van der Waals surface area contributed by atoms with Gasteiger partial charge in [0.1, 0.15) is 11.6 Å². The first-order valence-electron chi connectivity index (χ1n) is 7.72. The summed E-state index contributed by atoms with van der Waals surface area (Å²) in [7, 11) is 1.55. The minimum atomic E-state index is -0.690. The predicted octanol–water partition coefficient (Wildman–Crippen LogP) is 0.106. The first-order valence-corrected chi connectivity index (χ1v) is 7.72. The van der Waals surface area contributed by atoms with Gasteiger partial charge in [-0.15, -0.1) is 0 Å². The van der Waals surface area contributed by atoms with Gasteiger partial charge in [0.25, 0.3) is 0 Å². The maximum Gasteiger partial charge on any atom is 0.240 e. The molecule has 0 aliphatic carbocycles. The highest BCUT2D eigenvalue weighted by molar-refractivity contribution is 5.88. The Labute approximate surface area is 139 Å². The fourth-order valence-corrected chi connectivity index (χ4v) is 2.64. The lowest BCUT2D eigenvalue weighted by Crippen LogP contribution is -2.56. The number of rotatable bonds is 6. The first-order chi connectivity index (χ1) is 11.4. The number of carbonyl (C=O) groups is 2. The molecule has 1 atom stereocenters. The van der Waals surface area contributed by atoms with E-state index in [1.54, 1.807) is 7.05 Å². The minimum Gasteiger partial charge on any atom is -0.395 e. The van der Waals surface area contributed by atoms with E-state index >= 15 is 0 Å². The second-order valence-electron chi connectivity index (χ2n) is 5.79. The van der Waals surface area contributed by atoms with E-state index in [2.05, 4.69) is 5.32 Å². The third-order valence-electron chi connectivity index (χ3n) is 3.92. The molecule has 8 heteroatoms. The SMILES string of the molecule is CN(CCO)C(=O)CC1NCCN(Cc2cc(F)cc(F)c2)C1=O. The zero-order chi connectivity index (χ0) is 17.7. The Bertz CT molecular complexity index is 592. The van der Waals surface area contributed by atoms with E-state index in [9.17, 15) is 18.4 Å². The molecule has 132 valence electrons. The summed E-state index contributed by atoms with van der Waals surface area (Å²) in [5.41, 5.74) is 0.366. The van der Waals surface area contributed by atoms with Crippen molar-refractivity contribution < 1.29 is 23.5 Å². The summed E-state index contributed by atoms with van der Waals surface area (Å²) < 4.78 is 26.5. The predicted molar refractivity (Wildman–Crippen MR) is 82.9 cm³/mol. The van der Waals surface area contributed by atoms with Gasteiger partial charge in [0, 0.05) is 39.3 Å². The van der Waals surface area contributed by atoms with E-state index in [4.69, 9.17) is 5.11 Å². The van der Waals surface area contributed by atoms with Crippen LogP contribution in [0.15, 0.2) is 18.2 Å². The van der Waals surface area contributed by atoms with Crippen molar-refractivity contribution in [2.24, 2.45) is 0 Å². The van der Waals surface area contributed by atoms with Gasteiger partial charge in [-0.2, -0.15) is 0 Å². The third kappa shape index (κ3) is 4.72. The average molecular weight is 341 g/mol. The van der Waals surface area contributed by atoms with Crippen LogP contribution in [0.25, 0.3) is 0 Å². The highest BCUT2D eigenvalue weighted by Crippen LogP contribution is 2.14. The molecule has 1 aliphatic heterocycles. The number of hydrogen-bond acceptors (Lipinski definition) is 4. The van der Waals surface area contributed by atoms with Crippen LogP contribution < -0.4 is 5.32 Å². The Hall–Kier alpha value is -2.06. The van der Waals surface area contributed by atoms with Gasteiger partial charge in [-0.25, -0.2) is 8.78 Å². The molecule has 6 nitrogen and oxygen atoms in total. The second-order valence-corrected chi connectivity index (χ2v) is 5.79. The summed E-state index contributed by atoms with van der Waals surface area (Å²) in [6.07, 6.45) is -0.0245. The van der Waals surface area contributed by atoms with E-state index in [-0.39, 0.29) is 37.9 Å². The Morgan fingerprint density at radius 3 is 2.67 bits per heavy atom. The first kappa shape index (κ1) is 18.3. The fraction of sp³-hybridized carbons (Fsp3) is 0.500. The van der Waals surface area contributed by atoms with Crippen LogP contribution in [0, 0.1) is 11.6 Å². The number of nitrogens with one attached hydrogen (secondary N) is 1. The molecule has 1 saturated heterocycles. The number of likely N-dealkylation sites (N-methyl/N-ethyl adjacent to an activating group) is 1. The summed E-state index contributed by atoms with van der Waals surface area (Å²) in [6.45, 7) is 1.03. The van der Waals surface area contributed by atoms with Gasteiger partial charge in [0.2, 0.25) is 11.8 Å². The van der Waals surface area contributed by atoms with Gasteiger partial charge in [-0.1, -0.05) is 0 Å². The largest absolute Gasteiger partial charge is 0.395 e. The van der Waals surface area contributed by atoms with E-state index in [1.807, 2.05) is 0 Å². The van der Waals surface area contributed by atoms with Crippen LogP contribution in [0.3, 0.4) is 0 Å². The number of halogens is 2. The van der Waals surface area contributed by atoms with Crippen molar-refractivity contribution in [3.63, 3.8) is 0 Å². The summed E-state index contributed by atoms with van der Waals surface area (Å²) in [6, 6.07) is 2.48. The quantitative estimate of drug-likeness (QED) is 0.770. The second kappa shape index (κ2) is 8.16. The van der Waals surface area contributed by atoms with Gasteiger partial charge in [0.15, 0.2) is 0 Å². The molecule has 0 radical (unpaired) electrons. The number of aliphatic hydroxyl groups excluding tert-OH is 1. The van der Waals surface area contributed by atoms with Crippen molar-refractivity contribution in [1.29, 1.82) is 0 Å². The monoisotopic (exact) mass is 341 g/mol. The number of benzene rings is 1. The van der Waals surface area contributed by atoms with Crippen LogP contribution in [-0.4, -0.2) is 66.1 Å². The molecule has 0 saturated carbocycles. The topological polar surface area (TPSA) is 72.9 Å². The van der Waals surface area contributed by atoms with Crippen molar-refractivity contribution in [2.75, 3.05) is 33.3 Å². The molecular formula is C16H21F2N3O3. The van der Waals surface area contributed by atoms with Crippen LogP contribution in [0.4, 0.5) is 8.78 Å². The van der Waals surface area contributed by atoms with Crippen molar-refractivity contribution in [3.8, 4) is 0 Å². The number of hydrogen-bond donors (Lipinski definition) is 2. The number of piperazine rings is 1. The molecule has 2 rings (SSSR count). The lowest BCUT2D eigenvalue weighted by molar-refractivity contribution is -0.141. The highest BCUT2D eigenvalue weighted by Gasteiger charge is 2.30. The Kier molecular flexibility index (Phi) is 6.22. The number of aliphatic hydroxyl groups is 1. The molecule has 24 heavy (non-hydrogen) atoms.